The van der Waals surface area contributed by atoms with Gasteiger partial charge in [-0.1, -0.05) is 0 Å². The molecule has 0 aromatic rings. The fraction of sp³-hybridized carbons (Fsp3) is 0.923. The maximum absolute atomic E-state index is 11.8. The van der Waals surface area contributed by atoms with Gasteiger partial charge in [0.05, 0.1) is 31.8 Å². The van der Waals surface area contributed by atoms with Crippen LogP contribution in [0.2, 0.25) is 0 Å². The molecule has 5 heteroatoms. The molecule has 5 nitrogen and oxygen atoms in total. The first kappa shape index (κ1) is 13.8. The molecule has 1 N–H and O–H groups in total. The standard InChI is InChI=1S/C13H23NO4/c1-9-5-12(6-10(2)17-9)18-13(15)7-11-8-16-4-3-14-11/h9-12,14H,3-8H2,1-2H3. The molecule has 104 valence electrons. The van der Waals surface area contributed by atoms with E-state index in [4.69, 9.17) is 14.2 Å². The van der Waals surface area contributed by atoms with Gasteiger partial charge in [-0.3, -0.25) is 4.79 Å². The zero-order chi connectivity index (χ0) is 13.0. The van der Waals surface area contributed by atoms with E-state index in [2.05, 4.69) is 5.32 Å². The van der Waals surface area contributed by atoms with E-state index in [1.807, 2.05) is 13.8 Å². The molecule has 0 saturated carbocycles. The van der Waals surface area contributed by atoms with Crippen LogP contribution in [0.25, 0.3) is 0 Å². The van der Waals surface area contributed by atoms with Crippen LogP contribution >= 0.6 is 0 Å². The molecule has 3 unspecified atom stereocenters. The number of hydrogen-bond donors (Lipinski definition) is 1. The van der Waals surface area contributed by atoms with Gasteiger partial charge in [-0.15, -0.1) is 0 Å². The first-order valence-electron chi connectivity index (χ1n) is 6.79. The Morgan fingerprint density at radius 2 is 2.06 bits per heavy atom. The van der Waals surface area contributed by atoms with Crippen LogP contribution in [-0.2, 0) is 19.0 Å². The largest absolute Gasteiger partial charge is 0.462 e. The molecule has 0 radical (unpaired) electrons. The summed E-state index contributed by atoms with van der Waals surface area (Å²) in [7, 11) is 0. The van der Waals surface area contributed by atoms with Gasteiger partial charge in [0.25, 0.3) is 0 Å². The highest BCUT2D eigenvalue weighted by Crippen LogP contribution is 2.22. The number of carbonyl (C=O) groups excluding carboxylic acids is 1. The first-order chi connectivity index (χ1) is 8.63. The van der Waals surface area contributed by atoms with E-state index in [9.17, 15) is 4.79 Å². The topological polar surface area (TPSA) is 56.8 Å². The molecular formula is C13H23NO4. The van der Waals surface area contributed by atoms with Gasteiger partial charge < -0.3 is 19.5 Å². The van der Waals surface area contributed by atoms with Crippen LogP contribution in [0.3, 0.4) is 0 Å². The van der Waals surface area contributed by atoms with E-state index in [1.165, 1.54) is 0 Å². The quantitative estimate of drug-likeness (QED) is 0.760. The average Bonchev–Trinajstić information content (AvgIpc) is 2.28. The summed E-state index contributed by atoms with van der Waals surface area (Å²) >= 11 is 0. The zero-order valence-corrected chi connectivity index (χ0v) is 11.2. The summed E-state index contributed by atoms with van der Waals surface area (Å²) in [6.45, 7) is 6.17. The monoisotopic (exact) mass is 257 g/mol. The molecule has 2 heterocycles. The second kappa shape index (κ2) is 6.50. The molecule has 0 bridgehead atoms. The van der Waals surface area contributed by atoms with Gasteiger partial charge in [0, 0.05) is 25.4 Å². The van der Waals surface area contributed by atoms with E-state index in [1.54, 1.807) is 0 Å². The Morgan fingerprint density at radius 1 is 1.33 bits per heavy atom. The maximum atomic E-state index is 11.8. The lowest BCUT2D eigenvalue weighted by Crippen LogP contribution is -2.43. The minimum absolute atomic E-state index is 0.000703. The summed E-state index contributed by atoms with van der Waals surface area (Å²) in [5.74, 6) is -0.135. The number of esters is 1. The van der Waals surface area contributed by atoms with E-state index in [0.717, 1.165) is 26.0 Å². The van der Waals surface area contributed by atoms with E-state index in [-0.39, 0.29) is 30.3 Å². The first-order valence-corrected chi connectivity index (χ1v) is 6.79. The van der Waals surface area contributed by atoms with Gasteiger partial charge >= 0.3 is 5.97 Å². The number of ether oxygens (including phenoxy) is 3. The summed E-state index contributed by atoms with van der Waals surface area (Å²) in [5.41, 5.74) is 0. The Morgan fingerprint density at radius 3 is 2.67 bits per heavy atom. The second-order valence-corrected chi connectivity index (χ2v) is 5.27. The molecule has 0 aromatic carbocycles. The molecule has 2 saturated heterocycles. The summed E-state index contributed by atoms with van der Waals surface area (Å²) in [6, 6.07) is 0.0981. The number of morpholine rings is 1. The molecule has 0 aromatic heterocycles. The summed E-state index contributed by atoms with van der Waals surface area (Å²) in [6.07, 6.45) is 2.32. The third-order valence-corrected chi connectivity index (χ3v) is 3.36. The molecule has 18 heavy (non-hydrogen) atoms. The highest BCUT2D eigenvalue weighted by Gasteiger charge is 2.28. The van der Waals surface area contributed by atoms with Crippen LogP contribution in [0, 0.1) is 0 Å². The Balaban J connectivity index is 1.72. The van der Waals surface area contributed by atoms with Gasteiger partial charge in [-0.25, -0.2) is 0 Å². The van der Waals surface area contributed by atoms with Crippen molar-refractivity contribution < 1.29 is 19.0 Å². The van der Waals surface area contributed by atoms with Crippen molar-refractivity contribution in [2.24, 2.45) is 0 Å². The van der Waals surface area contributed by atoms with Gasteiger partial charge in [0.1, 0.15) is 6.10 Å². The molecule has 0 spiro atoms. The van der Waals surface area contributed by atoms with E-state index >= 15 is 0 Å². The van der Waals surface area contributed by atoms with Crippen molar-refractivity contribution >= 4 is 5.97 Å². The Labute approximate surface area is 108 Å². The summed E-state index contributed by atoms with van der Waals surface area (Å²) in [5, 5.41) is 3.25. The number of rotatable bonds is 3. The van der Waals surface area contributed by atoms with Crippen molar-refractivity contribution in [3.63, 3.8) is 0 Å². The SMILES string of the molecule is CC1CC(OC(=O)CC2COCCN2)CC(C)O1. The third-order valence-electron chi connectivity index (χ3n) is 3.36. The lowest BCUT2D eigenvalue weighted by atomic mass is 10.0. The second-order valence-electron chi connectivity index (χ2n) is 5.27. The van der Waals surface area contributed by atoms with Crippen LogP contribution < -0.4 is 5.32 Å². The van der Waals surface area contributed by atoms with Crippen molar-refractivity contribution in [1.82, 2.24) is 5.32 Å². The molecule has 2 aliphatic rings. The number of nitrogens with one attached hydrogen (secondary N) is 1. The summed E-state index contributed by atoms with van der Waals surface area (Å²) < 4.78 is 16.5. The predicted octanol–water partition coefficient (Wildman–Crippen LogP) is 0.864. The van der Waals surface area contributed by atoms with Crippen molar-refractivity contribution in [3.8, 4) is 0 Å². The lowest BCUT2D eigenvalue weighted by molar-refractivity contribution is -0.160. The normalized spacial score (nSPS) is 37.2. The highest BCUT2D eigenvalue weighted by molar-refractivity contribution is 5.70. The van der Waals surface area contributed by atoms with Crippen molar-refractivity contribution in [3.05, 3.63) is 0 Å². The third kappa shape index (κ3) is 4.23. The van der Waals surface area contributed by atoms with Gasteiger partial charge in [-0.2, -0.15) is 0 Å². The molecule has 3 atom stereocenters. The van der Waals surface area contributed by atoms with Crippen molar-refractivity contribution in [2.45, 2.75) is 57.5 Å². The Bertz CT molecular complexity index is 268. The molecule has 2 rings (SSSR count). The Kier molecular flexibility index (Phi) is 4.97. The van der Waals surface area contributed by atoms with E-state index in [0.29, 0.717) is 13.0 Å². The zero-order valence-electron chi connectivity index (χ0n) is 11.2. The minimum Gasteiger partial charge on any atom is -0.462 e. The molecule has 2 fully saturated rings. The van der Waals surface area contributed by atoms with Crippen LogP contribution in [0.5, 0.6) is 0 Å². The fourth-order valence-electron chi connectivity index (χ4n) is 2.63. The fourth-order valence-corrected chi connectivity index (χ4v) is 2.63. The molecule has 0 aliphatic carbocycles. The van der Waals surface area contributed by atoms with E-state index < -0.39 is 0 Å². The van der Waals surface area contributed by atoms with Crippen LogP contribution in [-0.4, -0.2) is 50.1 Å². The molecule has 0 amide bonds. The van der Waals surface area contributed by atoms with Crippen LogP contribution in [0.4, 0.5) is 0 Å². The average molecular weight is 257 g/mol. The lowest BCUT2D eigenvalue weighted by Gasteiger charge is -2.32. The van der Waals surface area contributed by atoms with Crippen molar-refractivity contribution in [2.75, 3.05) is 19.8 Å². The predicted molar refractivity (Wildman–Crippen MR) is 66.3 cm³/mol. The van der Waals surface area contributed by atoms with Crippen LogP contribution in [0.1, 0.15) is 33.1 Å². The maximum Gasteiger partial charge on any atom is 0.307 e. The minimum atomic E-state index is -0.135. The van der Waals surface area contributed by atoms with Gasteiger partial charge in [-0.05, 0) is 13.8 Å². The van der Waals surface area contributed by atoms with Crippen molar-refractivity contribution in [1.29, 1.82) is 0 Å². The van der Waals surface area contributed by atoms with Gasteiger partial charge in [0.2, 0.25) is 0 Å². The highest BCUT2D eigenvalue weighted by atomic mass is 16.6. The number of hydrogen-bond acceptors (Lipinski definition) is 5. The molecule has 2 aliphatic heterocycles. The summed E-state index contributed by atoms with van der Waals surface area (Å²) in [4.78, 5) is 11.8. The van der Waals surface area contributed by atoms with Gasteiger partial charge in [0.15, 0.2) is 0 Å². The smallest absolute Gasteiger partial charge is 0.307 e. The Hall–Kier alpha value is -0.650. The van der Waals surface area contributed by atoms with Crippen LogP contribution in [0.15, 0.2) is 0 Å². The molecular weight excluding hydrogens is 234 g/mol. The number of carbonyl (C=O) groups is 1.